The first kappa shape index (κ1) is 22.2. The molecule has 0 radical (unpaired) electrons. The Labute approximate surface area is 193 Å². The Hall–Kier alpha value is -3.04. The van der Waals surface area contributed by atoms with Crippen LogP contribution in [0, 0.1) is 5.92 Å². The quantitative estimate of drug-likeness (QED) is 0.396. The van der Waals surface area contributed by atoms with Crippen molar-refractivity contribution in [2.45, 2.75) is 27.7 Å². The molecule has 0 saturated heterocycles. The van der Waals surface area contributed by atoms with Crippen LogP contribution in [0.3, 0.4) is 0 Å². The zero-order valence-corrected chi connectivity index (χ0v) is 20.9. The number of ether oxygens (including phenoxy) is 2. The first-order chi connectivity index (χ1) is 15.4. The Morgan fingerprint density at radius 3 is 1.56 bits per heavy atom. The second-order valence-electron chi connectivity index (χ2n) is 8.65. The van der Waals surface area contributed by atoms with Crippen molar-refractivity contribution in [1.82, 2.24) is 0 Å². The summed E-state index contributed by atoms with van der Waals surface area (Å²) >= 11 is 0. The lowest BCUT2D eigenvalue weighted by molar-refractivity contribution is 0.415. The minimum Gasteiger partial charge on any atom is -0.497 e. The number of allylic oxidation sites excluding steroid dienone is 4. The molecule has 3 heteroatoms. The van der Waals surface area contributed by atoms with Crippen molar-refractivity contribution in [2.75, 3.05) is 14.2 Å². The van der Waals surface area contributed by atoms with Gasteiger partial charge < -0.3 is 9.47 Å². The van der Waals surface area contributed by atoms with E-state index in [9.17, 15) is 0 Å². The average Bonchev–Trinajstić information content (AvgIpc) is 3.04. The number of hydrogen-bond donors (Lipinski definition) is 0. The molecule has 0 saturated carbocycles. The first-order valence-electron chi connectivity index (χ1n) is 11.2. The smallest absolute Gasteiger partial charge is 0.176 e. The largest absolute Gasteiger partial charge is 0.497 e. The molecule has 2 nitrogen and oxygen atoms in total. The maximum Gasteiger partial charge on any atom is 0.176 e. The van der Waals surface area contributed by atoms with Crippen molar-refractivity contribution in [2.24, 2.45) is 5.92 Å². The van der Waals surface area contributed by atoms with E-state index >= 15 is 0 Å². The number of hydrogen-bond acceptors (Lipinski definition) is 2. The van der Waals surface area contributed by atoms with Gasteiger partial charge in [-0.1, -0.05) is 77.9 Å². The van der Waals surface area contributed by atoms with Gasteiger partial charge in [-0.25, -0.2) is 0 Å². The molecule has 164 valence electrons. The second-order valence-corrected chi connectivity index (χ2v) is 12.4. The molecule has 0 heterocycles. The van der Waals surface area contributed by atoms with Gasteiger partial charge >= 0.3 is 0 Å². The number of benzene rings is 3. The van der Waals surface area contributed by atoms with Crippen LogP contribution in [0.2, 0.25) is 0 Å². The normalized spacial score (nSPS) is 16.5. The summed E-state index contributed by atoms with van der Waals surface area (Å²) in [4.78, 5) is 0. The van der Waals surface area contributed by atoms with Crippen LogP contribution in [0.5, 0.6) is 11.5 Å². The molecule has 0 aromatic heterocycles. The van der Waals surface area contributed by atoms with Gasteiger partial charge in [0.1, 0.15) is 11.5 Å². The fourth-order valence-corrected chi connectivity index (χ4v) is 11.0. The summed E-state index contributed by atoms with van der Waals surface area (Å²) in [7, 11) is 0.872. The van der Waals surface area contributed by atoms with Gasteiger partial charge in [0.15, 0.2) is 8.07 Å². The molecule has 3 aromatic carbocycles. The second kappa shape index (κ2) is 8.83. The van der Waals surface area contributed by atoms with Gasteiger partial charge in [0, 0.05) is 0 Å². The summed E-state index contributed by atoms with van der Waals surface area (Å²) in [5.41, 5.74) is 4.32. The third-order valence-corrected chi connectivity index (χ3v) is 12.4. The van der Waals surface area contributed by atoms with Crippen molar-refractivity contribution in [3.8, 4) is 11.5 Å². The highest BCUT2D eigenvalue weighted by molar-refractivity contribution is 7.16. The van der Waals surface area contributed by atoms with Crippen LogP contribution >= 0.6 is 0 Å². The summed E-state index contributed by atoms with van der Waals surface area (Å²) in [6, 6.07) is 28.4. The predicted octanol–water partition coefficient (Wildman–Crippen LogP) is 5.02. The molecule has 0 aliphatic heterocycles. The lowest BCUT2D eigenvalue weighted by Gasteiger charge is -2.38. The molecule has 1 unspecified atom stereocenters. The third kappa shape index (κ3) is 3.41. The summed E-state index contributed by atoms with van der Waals surface area (Å²) in [5.74, 6) is 2.16. The maximum atomic E-state index is 5.70. The van der Waals surface area contributed by atoms with Gasteiger partial charge in [0.05, 0.1) is 14.2 Å². The van der Waals surface area contributed by atoms with Crippen LogP contribution in [0.4, 0.5) is 0 Å². The van der Waals surface area contributed by atoms with Crippen LogP contribution in [0.1, 0.15) is 27.7 Å². The molecule has 32 heavy (non-hydrogen) atoms. The lowest BCUT2D eigenvalue weighted by atomic mass is 10.1. The zero-order chi connectivity index (χ0) is 22.9. The minimum atomic E-state index is -2.62. The monoisotopic (exact) mass is 440 g/mol. The van der Waals surface area contributed by atoms with Crippen molar-refractivity contribution < 1.29 is 9.47 Å². The molecule has 0 fully saturated rings. The summed E-state index contributed by atoms with van der Waals surface area (Å²) in [6.45, 7) is 9.24. The molecule has 0 amide bonds. The van der Waals surface area contributed by atoms with Crippen LogP contribution in [-0.2, 0) is 0 Å². The van der Waals surface area contributed by atoms with Crippen LogP contribution in [0.25, 0.3) is 0 Å². The maximum absolute atomic E-state index is 5.70. The van der Waals surface area contributed by atoms with Crippen molar-refractivity contribution in [3.05, 3.63) is 101 Å². The van der Waals surface area contributed by atoms with Gasteiger partial charge in [0.2, 0.25) is 0 Å². The Kier molecular flexibility index (Phi) is 6.12. The Morgan fingerprint density at radius 1 is 0.625 bits per heavy atom. The van der Waals surface area contributed by atoms with E-state index in [0.29, 0.717) is 5.92 Å². The molecule has 0 N–H and O–H groups in total. The fourth-order valence-electron chi connectivity index (χ4n) is 5.34. The number of methoxy groups -OCH3 is 2. The average molecular weight is 441 g/mol. The highest BCUT2D eigenvalue weighted by Gasteiger charge is 2.48. The van der Waals surface area contributed by atoms with E-state index < -0.39 is 8.07 Å². The molecular weight excluding hydrogens is 408 g/mol. The topological polar surface area (TPSA) is 18.5 Å². The summed E-state index contributed by atoms with van der Waals surface area (Å²) < 4.78 is 11.4. The Bertz CT molecular complexity index is 1140. The van der Waals surface area contributed by atoms with E-state index in [4.69, 9.17) is 9.47 Å². The van der Waals surface area contributed by atoms with Crippen molar-refractivity contribution in [3.63, 3.8) is 0 Å². The molecular formula is C29H32O2Si. The highest BCUT2D eigenvalue weighted by Crippen LogP contribution is 2.41. The third-order valence-electron chi connectivity index (χ3n) is 7.26. The molecule has 0 spiro atoms. The van der Waals surface area contributed by atoms with E-state index in [0.717, 1.165) is 11.5 Å². The molecule has 1 atom stereocenters. The number of rotatable bonds is 6. The Balaban J connectivity index is 2.18. The van der Waals surface area contributed by atoms with Gasteiger partial charge in [-0.15, -0.1) is 0 Å². The molecule has 4 rings (SSSR count). The van der Waals surface area contributed by atoms with Crippen LogP contribution < -0.4 is 25.0 Å². The standard InChI is InChI=1S/C29H32O2Si/c1-20-21(2)23(4)29(22(20)3)32(26-14-8-7-9-15-26,27-16-10-12-24(18-27)30-5)28-17-11-13-25(19-28)31-6/h7-19,22H,1-6H3. The van der Waals surface area contributed by atoms with Crippen LogP contribution in [-0.4, -0.2) is 22.3 Å². The summed E-state index contributed by atoms with van der Waals surface area (Å²) in [5, 5.41) is 5.60. The van der Waals surface area contributed by atoms with Crippen molar-refractivity contribution >= 4 is 23.6 Å². The van der Waals surface area contributed by atoms with Crippen molar-refractivity contribution in [1.29, 1.82) is 0 Å². The SMILES string of the molecule is COc1cccc([Si](C2=C(C)C(C)=C(C)C2C)(c2ccccc2)c2cccc(OC)c2)c1. The molecule has 0 bridgehead atoms. The summed E-state index contributed by atoms with van der Waals surface area (Å²) in [6.07, 6.45) is 0. The van der Waals surface area contributed by atoms with E-state index in [-0.39, 0.29) is 0 Å². The zero-order valence-electron chi connectivity index (χ0n) is 19.9. The minimum absolute atomic E-state index is 0.374. The highest BCUT2D eigenvalue weighted by atomic mass is 28.3. The van der Waals surface area contributed by atoms with E-state index in [1.165, 1.54) is 32.3 Å². The van der Waals surface area contributed by atoms with Gasteiger partial charge in [0.25, 0.3) is 0 Å². The van der Waals surface area contributed by atoms with E-state index in [1.807, 2.05) is 12.1 Å². The van der Waals surface area contributed by atoms with Gasteiger partial charge in [-0.3, -0.25) is 0 Å². The first-order valence-corrected chi connectivity index (χ1v) is 13.2. The van der Waals surface area contributed by atoms with Crippen LogP contribution in [0.15, 0.2) is 101 Å². The molecule has 3 aromatic rings. The van der Waals surface area contributed by atoms with Gasteiger partial charge in [-0.05, 0) is 72.1 Å². The Morgan fingerprint density at radius 2 is 1.12 bits per heavy atom. The predicted molar refractivity (Wildman–Crippen MR) is 137 cm³/mol. The van der Waals surface area contributed by atoms with E-state index in [1.54, 1.807) is 19.4 Å². The molecule has 1 aliphatic rings. The van der Waals surface area contributed by atoms with Gasteiger partial charge in [-0.2, -0.15) is 0 Å². The molecule has 1 aliphatic carbocycles. The van der Waals surface area contributed by atoms with E-state index in [2.05, 4.69) is 94.4 Å². The lowest BCUT2D eigenvalue weighted by Crippen LogP contribution is -2.69. The fraction of sp³-hybridized carbons (Fsp3) is 0.241.